The van der Waals surface area contributed by atoms with Crippen LogP contribution in [0.3, 0.4) is 0 Å². The number of hydrogen-bond donors (Lipinski definition) is 2. The lowest BCUT2D eigenvalue weighted by atomic mass is 10.1. The number of benzene rings is 1. The number of aromatic hydroxyl groups is 1. The molecule has 0 unspecified atom stereocenters. The van der Waals surface area contributed by atoms with Gasteiger partial charge in [0.1, 0.15) is 23.6 Å². The minimum absolute atomic E-state index is 0.194. The molecule has 3 aromatic rings. The molecule has 6 nitrogen and oxygen atoms in total. The summed E-state index contributed by atoms with van der Waals surface area (Å²) in [6.45, 7) is 2.91. The first-order valence-electron chi connectivity index (χ1n) is 6.97. The lowest BCUT2D eigenvalue weighted by Gasteiger charge is -2.00. The van der Waals surface area contributed by atoms with E-state index in [1.165, 1.54) is 6.33 Å². The van der Waals surface area contributed by atoms with Crippen LogP contribution >= 0.6 is 0 Å². The number of aryl methyl sites for hydroxylation is 1. The number of hydrogen-bond acceptors (Lipinski definition) is 5. The summed E-state index contributed by atoms with van der Waals surface area (Å²) < 4.78 is 1.86. The molecule has 0 fully saturated rings. The summed E-state index contributed by atoms with van der Waals surface area (Å²) in [6, 6.07) is 6.96. The number of unbranched alkanes of at least 4 members (excludes halogenated alkanes) is 1. The fourth-order valence-corrected chi connectivity index (χ4v) is 2.35. The second-order valence-corrected chi connectivity index (χ2v) is 4.93. The van der Waals surface area contributed by atoms with Gasteiger partial charge >= 0.3 is 0 Å². The molecule has 3 N–H and O–H groups in total. The van der Waals surface area contributed by atoms with Gasteiger partial charge in [0.2, 0.25) is 0 Å². The van der Waals surface area contributed by atoms with E-state index in [0.717, 1.165) is 36.0 Å². The molecular formula is C15H17N5O. The van der Waals surface area contributed by atoms with Crippen LogP contribution in [0, 0.1) is 0 Å². The molecule has 21 heavy (non-hydrogen) atoms. The Labute approximate surface area is 122 Å². The van der Waals surface area contributed by atoms with Gasteiger partial charge < -0.3 is 10.8 Å². The molecule has 2 aromatic heterocycles. The number of nitrogens with zero attached hydrogens (tertiary/aromatic N) is 4. The number of aromatic nitrogens is 4. The van der Waals surface area contributed by atoms with Crippen molar-refractivity contribution in [3.05, 3.63) is 30.6 Å². The van der Waals surface area contributed by atoms with Crippen LogP contribution in [0.1, 0.15) is 19.8 Å². The predicted molar refractivity (Wildman–Crippen MR) is 81.7 cm³/mol. The van der Waals surface area contributed by atoms with Crippen molar-refractivity contribution in [2.24, 2.45) is 0 Å². The summed E-state index contributed by atoms with van der Waals surface area (Å²) in [6.07, 6.45) is 3.54. The van der Waals surface area contributed by atoms with Crippen molar-refractivity contribution in [3.63, 3.8) is 0 Å². The Hall–Kier alpha value is -2.63. The monoisotopic (exact) mass is 283 g/mol. The summed E-state index contributed by atoms with van der Waals surface area (Å²) in [5.74, 6) is 0.597. The molecule has 0 atom stereocenters. The Bertz CT molecular complexity index is 781. The Morgan fingerprint density at radius 3 is 2.90 bits per heavy atom. The van der Waals surface area contributed by atoms with E-state index in [1.54, 1.807) is 18.2 Å². The number of anilines is 1. The zero-order valence-electron chi connectivity index (χ0n) is 11.8. The zero-order chi connectivity index (χ0) is 14.8. The molecule has 3 rings (SSSR count). The first-order valence-corrected chi connectivity index (χ1v) is 6.97. The third-order valence-corrected chi connectivity index (χ3v) is 3.40. The molecular weight excluding hydrogens is 266 g/mol. The maximum Gasteiger partial charge on any atom is 0.163 e. The molecule has 108 valence electrons. The van der Waals surface area contributed by atoms with Crippen molar-refractivity contribution in [2.45, 2.75) is 26.3 Å². The van der Waals surface area contributed by atoms with E-state index in [1.807, 2.05) is 10.7 Å². The summed E-state index contributed by atoms with van der Waals surface area (Å²) >= 11 is 0. The first kappa shape index (κ1) is 13.4. The van der Waals surface area contributed by atoms with Gasteiger partial charge in [-0.05, 0) is 18.6 Å². The Kier molecular flexibility index (Phi) is 3.43. The van der Waals surface area contributed by atoms with Gasteiger partial charge in [-0.15, -0.1) is 0 Å². The topological polar surface area (TPSA) is 89.8 Å². The number of rotatable bonds is 4. The van der Waals surface area contributed by atoms with E-state index in [9.17, 15) is 5.11 Å². The standard InChI is InChI=1S/C15H17N5O/c1-2-3-7-20-15-12(14(16)17-9-18-15)13(19-20)10-5-4-6-11(21)8-10/h4-6,8-9,21H,2-3,7H2,1H3,(H2,16,17,18). The van der Waals surface area contributed by atoms with Crippen molar-refractivity contribution in [1.29, 1.82) is 0 Å². The highest BCUT2D eigenvalue weighted by Crippen LogP contribution is 2.31. The van der Waals surface area contributed by atoms with Crippen molar-refractivity contribution in [3.8, 4) is 17.0 Å². The van der Waals surface area contributed by atoms with Gasteiger partial charge in [-0.3, -0.25) is 0 Å². The zero-order valence-corrected chi connectivity index (χ0v) is 11.8. The molecule has 0 aliphatic heterocycles. The number of fused-ring (bicyclic) bond motifs is 1. The van der Waals surface area contributed by atoms with E-state index in [-0.39, 0.29) is 5.75 Å². The van der Waals surface area contributed by atoms with E-state index >= 15 is 0 Å². The second kappa shape index (κ2) is 5.40. The third-order valence-electron chi connectivity index (χ3n) is 3.40. The second-order valence-electron chi connectivity index (χ2n) is 4.93. The molecule has 0 spiro atoms. The average molecular weight is 283 g/mol. The van der Waals surface area contributed by atoms with Crippen LogP contribution in [0.5, 0.6) is 5.75 Å². The van der Waals surface area contributed by atoms with Gasteiger partial charge in [-0.25, -0.2) is 14.6 Å². The lowest BCUT2D eigenvalue weighted by molar-refractivity contribution is 0.475. The molecule has 6 heteroatoms. The SMILES string of the molecule is CCCCn1nc(-c2cccc(O)c2)c2c(N)ncnc21. The third kappa shape index (κ3) is 2.40. The molecule has 0 saturated carbocycles. The van der Waals surface area contributed by atoms with E-state index in [2.05, 4.69) is 22.0 Å². The smallest absolute Gasteiger partial charge is 0.163 e. The van der Waals surface area contributed by atoms with Gasteiger partial charge in [-0.2, -0.15) is 5.10 Å². The predicted octanol–water partition coefficient (Wildman–Crippen LogP) is 2.58. The summed E-state index contributed by atoms with van der Waals surface area (Å²) in [4.78, 5) is 8.37. The number of phenolic OH excluding ortho intramolecular Hbond substituents is 1. The Balaban J connectivity index is 2.22. The summed E-state index contributed by atoms with van der Waals surface area (Å²) in [7, 11) is 0. The molecule has 1 aromatic carbocycles. The highest BCUT2D eigenvalue weighted by molar-refractivity contribution is 5.98. The molecule has 0 aliphatic carbocycles. The lowest BCUT2D eigenvalue weighted by Crippen LogP contribution is -2.01. The van der Waals surface area contributed by atoms with Gasteiger partial charge in [0, 0.05) is 12.1 Å². The molecule has 0 radical (unpaired) electrons. The first-order chi connectivity index (χ1) is 10.2. The highest BCUT2D eigenvalue weighted by Gasteiger charge is 2.16. The Morgan fingerprint density at radius 1 is 1.29 bits per heavy atom. The molecule has 0 saturated heterocycles. The van der Waals surface area contributed by atoms with E-state index < -0.39 is 0 Å². The quantitative estimate of drug-likeness (QED) is 0.768. The fraction of sp³-hybridized carbons (Fsp3) is 0.267. The summed E-state index contributed by atoms with van der Waals surface area (Å²) in [5.41, 5.74) is 8.24. The van der Waals surface area contributed by atoms with Crippen LogP contribution < -0.4 is 5.73 Å². The molecule has 0 bridgehead atoms. The van der Waals surface area contributed by atoms with Crippen molar-refractivity contribution < 1.29 is 5.11 Å². The maximum atomic E-state index is 9.67. The normalized spacial score (nSPS) is 11.1. The largest absolute Gasteiger partial charge is 0.508 e. The van der Waals surface area contributed by atoms with E-state index in [0.29, 0.717) is 11.5 Å². The highest BCUT2D eigenvalue weighted by atomic mass is 16.3. The van der Waals surface area contributed by atoms with Crippen molar-refractivity contribution in [2.75, 3.05) is 5.73 Å². The number of phenols is 1. The van der Waals surface area contributed by atoms with Crippen LogP contribution in [-0.2, 0) is 6.54 Å². The van der Waals surface area contributed by atoms with E-state index in [4.69, 9.17) is 5.73 Å². The maximum absolute atomic E-state index is 9.67. The van der Waals surface area contributed by atoms with Crippen LogP contribution in [0.4, 0.5) is 5.82 Å². The van der Waals surface area contributed by atoms with Gasteiger partial charge in [-0.1, -0.05) is 25.5 Å². The molecule has 2 heterocycles. The fourth-order valence-electron chi connectivity index (χ4n) is 2.35. The molecule has 0 amide bonds. The van der Waals surface area contributed by atoms with Gasteiger partial charge in [0.15, 0.2) is 5.65 Å². The van der Waals surface area contributed by atoms with Crippen LogP contribution in [-0.4, -0.2) is 24.9 Å². The average Bonchev–Trinajstić information content (AvgIpc) is 2.85. The number of nitrogen functional groups attached to an aromatic ring is 1. The van der Waals surface area contributed by atoms with Gasteiger partial charge in [0.25, 0.3) is 0 Å². The minimum atomic E-state index is 0.194. The van der Waals surface area contributed by atoms with Crippen molar-refractivity contribution in [1.82, 2.24) is 19.7 Å². The number of nitrogens with two attached hydrogens (primary N) is 1. The molecule has 0 aliphatic rings. The minimum Gasteiger partial charge on any atom is -0.508 e. The van der Waals surface area contributed by atoms with Crippen LogP contribution in [0.15, 0.2) is 30.6 Å². The van der Waals surface area contributed by atoms with Crippen LogP contribution in [0.2, 0.25) is 0 Å². The Morgan fingerprint density at radius 2 is 2.14 bits per heavy atom. The van der Waals surface area contributed by atoms with Crippen molar-refractivity contribution >= 4 is 16.9 Å². The summed E-state index contributed by atoms with van der Waals surface area (Å²) in [5, 5.41) is 15.0. The van der Waals surface area contributed by atoms with Crippen LogP contribution in [0.25, 0.3) is 22.3 Å². The van der Waals surface area contributed by atoms with Gasteiger partial charge in [0.05, 0.1) is 5.39 Å².